The molecule has 0 radical (unpaired) electrons. The predicted molar refractivity (Wildman–Crippen MR) is 64.6 cm³/mol. The molecule has 2 rings (SSSR count). The molecular weight excluding hydrogens is 186 g/mol. The van der Waals surface area contributed by atoms with Crippen molar-refractivity contribution < 1.29 is 0 Å². The predicted octanol–water partition coefficient (Wildman–Crippen LogP) is 2.65. The van der Waals surface area contributed by atoms with Crippen LogP contribution < -0.4 is 5.53 Å². The van der Waals surface area contributed by atoms with E-state index in [-0.39, 0.29) is 0 Å². The normalized spacial score (nSPS) is 19.7. The second-order valence-electron chi connectivity index (χ2n) is 3.71. The minimum atomic E-state index is 1.17. The summed E-state index contributed by atoms with van der Waals surface area (Å²) in [5.41, 5.74) is 7.56. The van der Waals surface area contributed by atoms with Gasteiger partial charge in [-0.25, -0.2) is 0 Å². The van der Waals surface area contributed by atoms with E-state index < -0.39 is 0 Å². The van der Waals surface area contributed by atoms with Crippen molar-refractivity contribution in [3.63, 3.8) is 0 Å². The SMILES string of the molecule is CC.CCC1=CC2=C(CC1)N(C)NN2C. The fraction of sp³-hybridized carbons (Fsp3) is 0.667. The van der Waals surface area contributed by atoms with Crippen LogP contribution in [-0.2, 0) is 0 Å². The van der Waals surface area contributed by atoms with Gasteiger partial charge in [0.15, 0.2) is 0 Å². The second kappa shape index (κ2) is 5.21. The first-order valence-electron chi connectivity index (χ1n) is 5.88. The maximum absolute atomic E-state index is 3.25. The molecule has 3 nitrogen and oxygen atoms in total. The highest BCUT2D eigenvalue weighted by atomic mass is 15.8. The summed E-state index contributed by atoms with van der Waals surface area (Å²) in [5, 5.41) is 4.20. The van der Waals surface area contributed by atoms with Crippen LogP contribution in [0.25, 0.3) is 0 Å². The van der Waals surface area contributed by atoms with Crippen LogP contribution in [0.4, 0.5) is 0 Å². The molecule has 15 heavy (non-hydrogen) atoms. The summed E-state index contributed by atoms with van der Waals surface area (Å²) in [4.78, 5) is 0. The molecule has 3 heteroatoms. The summed E-state index contributed by atoms with van der Waals surface area (Å²) in [6, 6.07) is 0. The maximum Gasteiger partial charge on any atom is 0.0740 e. The third-order valence-corrected chi connectivity index (χ3v) is 2.84. The van der Waals surface area contributed by atoms with E-state index in [1.54, 1.807) is 5.57 Å². The monoisotopic (exact) mass is 209 g/mol. The van der Waals surface area contributed by atoms with Crippen molar-refractivity contribution in [3.05, 3.63) is 23.0 Å². The number of hydrazine groups is 2. The Morgan fingerprint density at radius 2 is 1.87 bits per heavy atom. The van der Waals surface area contributed by atoms with Crippen LogP contribution in [0.15, 0.2) is 23.0 Å². The average molecular weight is 209 g/mol. The molecule has 0 fully saturated rings. The van der Waals surface area contributed by atoms with Crippen LogP contribution in [0.1, 0.15) is 40.0 Å². The van der Waals surface area contributed by atoms with Crippen molar-refractivity contribution in [3.8, 4) is 0 Å². The first kappa shape index (κ1) is 12.1. The smallest absolute Gasteiger partial charge is 0.0740 e. The second-order valence-corrected chi connectivity index (χ2v) is 3.71. The van der Waals surface area contributed by atoms with Gasteiger partial charge in [0, 0.05) is 14.1 Å². The molecule has 86 valence electrons. The summed E-state index contributed by atoms with van der Waals surface area (Å²) >= 11 is 0. The zero-order valence-corrected chi connectivity index (χ0v) is 10.6. The van der Waals surface area contributed by atoms with Crippen molar-refractivity contribution in [2.24, 2.45) is 0 Å². The van der Waals surface area contributed by atoms with Gasteiger partial charge in [-0.3, -0.25) is 10.0 Å². The first-order valence-corrected chi connectivity index (χ1v) is 5.88. The molecule has 0 atom stereocenters. The Balaban J connectivity index is 0.000000531. The number of nitrogens with zero attached hydrogens (tertiary/aromatic N) is 2. The van der Waals surface area contributed by atoms with Crippen LogP contribution >= 0.6 is 0 Å². The zero-order chi connectivity index (χ0) is 11.4. The minimum absolute atomic E-state index is 1.17. The van der Waals surface area contributed by atoms with E-state index in [2.05, 4.69) is 42.6 Å². The standard InChI is InChI=1S/C10H17N3.C2H6/c1-4-8-5-6-9-10(7-8)13(3)11-12(9)2;1-2/h7,11H,4-6H2,1-3H3;1-2H3. The lowest BCUT2D eigenvalue weighted by molar-refractivity contribution is 0.175. The van der Waals surface area contributed by atoms with Gasteiger partial charge in [0.05, 0.1) is 11.4 Å². The number of rotatable bonds is 1. The molecule has 0 aromatic heterocycles. The molecule has 1 heterocycles. The Morgan fingerprint density at radius 3 is 2.47 bits per heavy atom. The number of hydrogen-bond donors (Lipinski definition) is 1. The number of allylic oxidation sites excluding steroid dienone is 3. The molecule has 0 aromatic rings. The Morgan fingerprint density at radius 1 is 1.20 bits per heavy atom. The largest absolute Gasteiger partial charge is 0.296 e. The van der Waals surface area contributed by atoms with E-state index in [1.165, 1.54) is 30.7 Å². The van der Waals surface area contributed by atoms with Gasteiger partial charge in [-0.15, -0.1) is 5.53 Å². The fourth-order valence-corrected chi connectivity index (χ4v) is 2.00. The topological polar surface area (TPSA) is 18.5 Å². The van der Waals surface area contributed by atoms with Crippen molar-refractivity contribution in [2.75, 3.05) is 14.1 Å². The highest BCUT2D eigenvalue weighted by Gasteiger charge is 2.24. The Labute approximate surface area is 93.4 Å². The average Bonchev–Trinajstić information content (AvgIpc) is 2.57. The van der Waals surface area contributed by atoms with Crippen molar-refractivity contribution >= 4 is 0 Å². The van der Waals surface area contributed by atoms with Crippen molar-refractivity contribution in [1.29, 1.82) is 0 Å². The third kappa shape index (κ3) is 2.34. The Kier molecular flexibility index (Phi) is 4.21. The molecule has 2 aliphatic rings. The lowest BCUT2D eigenvalue weighted by atomic mass is 9.98. The Bertz CT molecular complexity index is 279. The van der Waals surface area contributed by atoms with Crippen LogP contribution in [-0.4, -0.2) is 24.1 Å². The van der Waals surface area contributed by atoms with Gasteiger partial charge in [-0.2, -0.15) is 0 Å². The molecule has 1 aliphatic heterocycles. The Hall–Kier alpha value is -0.960. The molecule has 0 spiro atoms. The molecule has 1 aliphatic carbocycles. The summed E-state index contributed by atoms with van der Waals surface area (Å²) in [6.45, 7) is 6.23. The van der Waals surface area contributed by atoms with E-state index in [0.717, 1.165) is 0 Å². The molecule has 0 unspecified atom stereocenters. The van der Waals surface area contributed by atoms with E-state index in [0.29, 0.717) is 0 Å². The summed E-state index contributed by atoms with van der Waals surface area (Å²) in [7, 11) is 4.14. The fourth-order valence-electron chi connectivity index (χ4n) is 2.00. The van der Waals surface area contributed by atoms with Crippen LogP contribution in [0.3, 0.4) is 0 Å². The van der Waals surface area contributed by atoms with Crippen molar-refractivity contribution in [2.45, 2.75) is 40.0 Å². The van der Waals surface area contributed by atoms with E-state index in [1.807, 2.05) is 13.8 Å². The van der Waals surface area contributed by atoms with E-state index in [9.17, 15) is 0 Å². The van der Waals surface area contributed by atoms with Gasteiger partial charge in [-0.05, 0) is 25.3 Å². The lowest BCUT2D eigenvalue weighted by Gasteiger charge is -2.17. The lowest BCUT2D eigenvalue weighted by Crippen LogP contribution is -2.36. The third-order valence-electron chi connectivity index (χ3n) is 2.84. The molecule has 1 N–H and O–H groups in total. The van der Waals surface area contributed by atoms with Crippen molar-refractivity contribution in [1.82, 2.24) is 15.6 Å². The van der Waals surface area contributed by atoms with Crippen LogP contribution in [0.5, 0.6) is 0 Å². The first-order chi connectivity index (χ1) is 7.22. The number of hydrogen-bond acceptors (Lipinski definition) is 3. The van der Waals surface area contributed by atoms with Gasteiger partial charge in [0.2, 0.25) is 0 Å². The number of likely N-dealkylation sites (N-methyl/N-ethyl adjacent to an activating group) is 1. The highest BCUT2D eigenvalue weighted by Crippen LogP contribution is 2.30. The molecule has 0 bridgehead atoms. The molecule has 0 aromatic carbocycles. The molecular formula is C12H23N3. The van der Waals surface area contributed by atoms with Gasteiger partial charge in [0.1, 0.15) is 0 Å². The minimum Gasteiger partial charge on any atom is -0.296 e. The summed E-state index contributed by atoms with van der Waals surface area (Å²) < 4.78 is 0. The van der Waals surface area contributed by atoms with E-state index >= 15 is 0 Å². The molecule has 0 saturated heterocycles. The van der Waals surface area contributed by atoms with Gasteiger partial charge in [-0.1, -0.05) is 26.3 Å². The summed E-state index contributed by atoms with van der Waals surface area (Å²) in [6.07, 6.45) is 5.88. The van der Waals surface area contributed by atoms with Gasteiger partial charge < -0.3 is 0 Å². The maximum atomic E-state index is 3.25. The molecule has 0 amide bonds. The quantitative estimate of drug-likeness (QED) is 0.716. The van der Waals surface area contributed by atoms with Gasteiger partial charge >= 0.3 is 0 Å². The summed E-state index contributed by atoms with van der Waals surface area (Å²) in [5.74, 6) is 0. The number of nitrogens with one attached hydrogen (secondary N) is 1. The van der Waals surface area contributed by atoms with Crippen LogP contribution in [0.2, 0.25) is 0 Å². The zero-order valence-electron chi connectivity index (χ0n) is 10.6. The highest BCUT2D eigenvalue weighted by molar-refractivity contribution is 5.33. The van der Waals surface area contributed by atoms with Crippen LogP contribution in [0, 0.1) is 0 Å². The van der Waals surface area contributed by atoms with Gasteiger partial charge in [0.25, 0.3) is 0 Å². The van der Waals surface area contributed by atoms with E-state index in [4.69, 9.17) is 0 Å². The molecule has 0 saturated carbocycles.